The van der Waals surface area contributed by atoms with Gasteiger partial charge in [0.1, 0.15) is 17.7 Å². The number of hydrogen-bond donors (Lipinski definition) is 2. The molecule has 4 aromatic rings. The number of hydrogen-bond acceptors (Lipinski definition) is 6. The molecule has 0 bridgehead atoms. The lowest BCUT2D eigenvalue weighted by molar-refractivity contribution is -0.192. The summed E-state index contributed by atoms with van der Waals surface area (Å²) in [5.74, 6) is -2.21. The van der Waals surface area contributed by atoms with E-state index in [-0.39, 0.29) is 0 Å². The molecule has 0 saturated carbocycles. The minimum Gasteiger partial charge on any atom is -0.475 e. The van der Waals surface area contributed by atoms with Crippen LogP contribution in [0.15, 0.2) is 96.8 Å². The quantitative estimate of drug-likeness (QED) is 0.458. The molecule has 0 spiro atoms. The highest BCUT2D eigenvalue weighted by Crippen LogP contribution is 2.46. The molecule has 2 aromatic heterocycles. The third kappa shape index (κ3) is 4.58. The number of carbonyl (C=O) groups is 1. The summed E-state index contributed by atoms with van der Waals surface area (Å²) in [5, 5.41) is 7.12. The molecule has 1 aliphatic rings. The zero-order valence-corrected chi connectivity index (χ0v) is 18.0. The summed E-state index contributed by atoms with van der Waals surface area (Å²) in [5.41, 5.74) is 11.7. The Morgan fingerprint density at radius 3 is 2.17 bits per heavy atom. The van der Waals surface area contributed by atoms with Gasteiger partial charge in [0.2, 0.25) is 0 Å². The highest BCUT2D eigenvalue weighted by Gasteiger charge is 2.42. The van der Waals surface area contributed by atoms with Crippen LogP contribution in [0.5, 0.6) is 0 Å². The van der Waals surface area contributed by atoms with Gasteiger partial charge in [-0.15, -0.1) is 0 Å². The van der Waals surface area contributed by atoms with Crippen LogP contribution < -0.4 is 5.73 Å². The standard InChI is InChI=1S/C23H17N5.C2HF3O2/c24-22-20-6-1-2-7-21(20)23(28-22,18-8-10-25-11-9-18)19-5-3-4-16(12-19)17-13-26-15-27-14-17;3-2(4,5)1(6)7/h1-15H,(H2,24,28);(H,6,7). The first-order valence-electron chi connectivity index (χ1n) is 10.2. The number of aromatic nitrogens is 3. The molecule has 1 aliphatic heterocycles. The Hall–Kier alpha value is -4.60. The molecule has 3 N–H and O–H groups in total. The maximum absolute atomic E-state index is 10.6. The Morgan fingerprint density at radius 2 is 1.51 bits per heavy atom. The van der Waals surface area contributed by atoms with Gasteiger partial charge in [0.25, 0.3) is 0 Å². The van der Waals surface area contributed by atoms with Crippen LogP contribution in [0.25, 0.3) is 11.1 Å². The van der Waals surface area contributed by atoms with Gasteiger partial charge in [-0.3, -0.25) is 4.98 Å². The van der Waals surface area contributed by atoms with Crippen LogP contribution in [0.1, 0.15) is 22.3 Å². The molecule has 2 aromatic carbocycles. The number of nitrogens with zero attached hydrogens (tertiary/aromatic N) is 4. The van der Waals surface area contributed by atoms with Crippen LogP contribution in [-0.2, 0) is 10.3 Å². The molecule has 176 valence electrons. The van der Waals surface area contributed by atoms with Gasteiger partial charge in [0, 0.05) is 35.9 Å². The van der Waals surface area contributed by atoms with Gasteiger partial charge in [-0.1, -0.05) is 42.5 Å². The van der Waals surface area contributed by atoms with E-state index in [0.717, 1.165) is 33.4 Å². The molecular weight excluding hydrogens is 459 g/mol. The summed E-state index contributed by atoms with van der Waals surface area (Å²) in [6.45, 7) is 0. The average molecular weight is 477 g/mol. The summed E-state index contributed by atoms with van der Waals surface area (Å²) in [4.78, 5) is 26.4. The number of rotatable bonds is 3. The van der Waals surface area contributed by atoms with Crippen molar-refractivity contribution >= 4 is 11.8 Å². The second-order valence-electron chi connectivity index (χ2n) is 7.50. The van der Waals surface area contributed by atoms with Gasteiger partial charge >= 0.3 is 12.1 Å². The van der Waals surface area contributed by atoms with Crippen molar-refractivity contribution in [2.45, 2.75) is 11.7 Å². The number of fused-ring (bicyclic) bond motifs is 1. The molecule has 5 rings (SSSR count). The minimum atomic E-state index is -5.08. The fourth-order valence-electron chi connectivity index (χ4n) is 3.89. The molecule has 35 heavy (non-hydrogen) atoms. The van der Waals surface area contributed by atoms with Crippen LogP contribution in [-0.4, -0.2) is 38.0 Å². The second-order valence-corrected chi connectivity index (χ2v) is 7.50. The monoisotopic (exact) mass is 477 g/mol. The number of aliphatic imine (C=N–C) groups is 1. The fourth-order valence-corrected chi connectivity index (χ4v) is 3.89. The van der Waals surface area contributed by atoms with Gasteiger partial charge in [-0.25, -0.2) is 19.8 Å². The SMILES string of the molecule is NC1=NC(c2ccncc2)(c2cccc(-c3cncnc3)c2)c2ccccc21.O=C(O)C(F)(F)F. The summed E-state index contributed by atoms with van der Waals surface area (Å²) in [6, 6.07) is 20.4. The zero-order valence-electron chi connectivity index (χ0n) is 18.0. The Labute approximate surface area is 197 Å². The minimum absolute atomic E-state index is 0.542. The molecule has 0 fully saturated rings. The van der Waals surface area contributed by atoms with E-state index in [2.05, 4.69) is 39.2 Å². The number of amidine groups is 1. The van der Waals surface area contributed by atoms with E-state index < -0.39 is 17.7 Å². The summed E-state index contributed by atoms with van der Waals surface area (Å²) in [7, 11) is 0. The predicted octanol–water partition coefficient (Wildman–Crippen LogP) is 4.18. The van der Waals surface area contributed by atoms with Crippen molar-refractivity contribution in [3.8, 4) is 11.1 Å². The third-order valence-corrected chi connectivity index (χ3v) is 5.40. The molecule has 10 heteroatoms. The summed E-state index contributed by atoms with van der Waals surface area (Å²) >= 11 is 0. The van der Waals surface area contributed by atoms with Crippen LogP contribution in [0.2, 0.25) is 0 Å². The smallest absolute Gasteiger partial charge is 0.475 e. The fraction of sp³-hybridized carbons (Fsp3) is 0.0800. The van der Waals surface area contributed by atoms with Crippen molar-refractivity contribution in [1.29, 1.82) is 0 Å². The van der Waals surface area contributed by atoms with Gasteiger partial charge in [0.15, 0.2) is 0 Å². The molecule has 0 radical (unpaired) electrons. The van der Waals surface area contributed by atoms with E-state index in [1.54, 1.807) is 12.4 Å². The second kappa shape index (κ2) is 9.34. The molecule has 0 amide bonds. The van der Waals surface area contributed by atoms with E-state index >= 15 is 0 Å². The first-order valence-corrected chi connectivity index (χ1v) is 10.2. The number of carboxylic acids is 1. The summed E-state index contributed by atoms with van der Waals surface area (Å²) in [6.07, 6.45) is 3.65. The molecule has 0 aliphatic carbocycles. The number of nitrogens with two attached hydrogens (primary N) is 1. The number of benzene rings is 2. The van der Waals surface area contributed by atoms with Gasteiger partial charge in [0.05, 0.1) is 0 Å². The normalized spacial score (nSPS) is 16.5. The lowest BCUT2D eigenvalue weighted by Gasteiger charge is -2.29. The van der Waals surface area contributed by atoms with Crippen molar-refractivity contribution in [2.24, 2.45) is 10.7 Å². The number of alkyl halides is 3. The van der Waals surface area contributed by atoms with Gasteiger partial charge in [-0.2, -0.15) is 13.2 Å². The molecule has 1 unspecified atom stereocenters. The van der Waals surface area contributed by atoms with E-state index in [9.17, 15) is 13.2 Å². The Bertz CT molecular complexity index is 1380. The lowest BCUT2D eigenvalue weighted by Crippen LogP contribution is -2.25. The van der Waals surface area contributed by atoms with Crippen LogP contribution in [0.4, 0.5) is 13.2 Å². The van der Waals surface area contributed by atoms with E-state index in [1.165, 1.54) is 6.33 Å². The van der Waals surface area contributed by atoms with E-state index in [0.29, 0.717) is 5.84 Å². The number of halogens is 3. The first-order chi connectivity index (χ1) is 16.7. The lowest BCUT2D eigenvalue weighted by atomic mass is 9.77. The Morgan fingerprint density at radius 1 is 0.857 bits per heavy atom. The maximum atomic E-state index is 10.6. The number of pyridine rings is 1. The predicted molar refractivity (Wildman–Crippen MR) is 122 cm³/mol. The highest BCUT2D eigenvalue weighted by molar-refractivity contribution is 6.03. The molecule has 3 heterocycles. The Kier molecular flexibility index (Phi) is 6.28. The van der Waals surface area contributed by atoms with Crippen LogP contribution >= 0.6 is 0 Å². The van der Waals surface area contributed by atoms with Gasteiger partial charge < -0.3 is 10.8 Å². The van der Waals surface area contributed by atoms with E-state index in [4.69, 9.17) is 20.6 Å². The number of aliphatic carboxylic acids is 1. The van der Waals surface area contributed by atoms with Crippen molar-refractivity contribution in [1.82, 2.24) is 15.0 Å². The molecule has 0 saturated heterocycles. The summed E-state index contributed by atoms with van der Waals surface area (Å²) < 4.78 is 31.7. The van der Waals surface area contributed by atoms with Crippen molar-refractivity contribution < 1.29 is 23.1 Å². The van der Waals surface area contributed by atoms with Crippen LogP contribution in [0.3, 0.4) is 0 Å². The Balaban J connectivity index is 0.000000364. The molecular formula is C25H18F3N5O2. The van der Waals surface area contributed by atoms with E-state index in [1.807, 2.05) is 48.8 Å². The van der Waals surface area contributed by atoms with Crippen molar-refractivity contribution in [3.05, 3.63) is 114 Å². The average Bonchev–Trinajstić information content (AvgIpc) is 3.18. The highest BCUT2D eigenvalue weighted by atomic mass is 19.4. The maximum Gasteiger partial charge on any atom is 0.490 e. The molecule has 7 nitrogen and oxygen atoms in total. The largest absolute Gasteiger partial charge is 0.490 e. The van der Waals surface area contributed by atoms with Crippen LogP contribution in [0, 0.1) is 0 Å². The number of carboxylic acid groups (broad SMARTS) is 1. The zero-order chi connectivity index (χ0) is 25.1. The molecule has 1 atom stereocenters. The third-order valence-electron chi connectivity index (χ3n) is 5.40. The first kappa shape index (κ1) is 23.6. The van der Waals surface area contributed by atoms with Gasteiger partial charge in [-0.05, 0) is 40.5 Å². The topological polar surface area (TPSA) is 114 Å². The van der Waals surface area contributed by atoms with Crippen molar-refractivity contribution in [3.63, 3.8) is 0 Å². The van der Waals surface area contributed by atoms with Crippen molar-refractivity contribution in [2.75, 3.05) is 0 Å².